The molecule has 7 heteroatoms. The first-order valence-electron chi connectivity index (χ1n) is 11.0. The summed E-state index contributed by atoms with van der Waals surface area (Å²) in [7, 11) is 0. The van der Waals surface area contributed by atoms with Crippen molar-refractivity contribution in [2.45, 2.75) is 45.6 Å². The lowest BCUT2D eigenvalue weighted by Crippen LogP contribution is -2.35. The van der Waals surface area contributed by atoms with Crippen molar-refractivity contribution in [2.24, 2.45) is 0 Å². The van der Waals surface area contributed by atoms with Crippen LogP contribution in [0.5, 0.6) is 17.2 Å². The quantitative estimate of drug-likeness (QED) is 0.355. The first kappa shape index (κ1) is 23.9. The molecule has 0 radical (unpaired) electrons. The molecule has 2 aliphatic heterocycles. The standard InChI is InChI=1S/C27H24O5.CO2/c1-15-9-11-19-22(13-15)31-23-14-17(30-16(2)28)10-12-20(23)27(19)24-18(25(29)32-27)7-6-8-21(24)26(3,4)5;2-1-3/h6-14H,1-5H3;. The summed E-state index contributed by atoms with van der Waals surface area (Å²) < 4.78 is 17.8. The van der Waals surface area contributed by atoms with Gasteiger partial charge in [0.1, 0.15) is 17.2 Å². The molecule has 3 aromatic carbocycles. The molecule has 7 nitrogen and oxygen atoms in total. The summed E-state index contributed by atoms with van der Waals surface area (Å²) in [6.07, 6.45) is 0.250. The molecule has 1 unspecified atom stereocenters. The van der Waals surface area contributed by atoms with Gasteiger partial charge in [-0.05, 0) is 47.7 Å². The Balaban J connectivity index is 0.000000917. The Morgan fingerprint density at radius 1 is 0.971 bits per heavy atom. The van der Waals surface area contributed by atoms with E-state index in [0.29, 0.717) is 28.4 Å². The number of benzene rings is 3. The van der Waals surface area contributed by atoms with Crippen molar-refractivity contribution in [3.8, 4) is 17.2 Å². The molecule has 1 spiro atoms. The first-order chi connectivity index (χ1) is 16.5. The van der Waals surface area contributed by atoms with Crippen molar-refractivity contribution in [1.29, 1.82) is 0 Å². The Kier molecular flexibility index (Phi) is 5.83. The molecular weight excluding hydrogens is 448 g/mol. The zero-order valence-corrected chi connectivity index (χ0v) is 20.1. The van der Waals surface area contributed by atoms with E-state index in [0.717, 1.165) is 22.3 Å². The first-order valence-corrected chi connectivity index (χ1v) is 11.0. The summed E-state index contributed by atoms with van der Waals surface area (Å²) in [5.41, 5.74) is 3.55. The van der Waals surface area contributed by atoms with E-state index < -0.39 is 11.6 Å². The Morgan fingerprint density at radius 3 is 2.23 bits per heavy atom. The number of carbonyl (C=O) groups is 2. The Hall–Kier alpha value is -4.22. The summed E-state index contributed by atoms with van der Waals surface area (Å²) in [5.74, 6) is 0.693. The van der Waals surface area contributed by atoms with Crippen LogP contribution in [-0.4, -0.2) is 18.1 Å². The van der Waals surface area contributed by atoms with E-state index in [1.54, 1.807) is 12.1 Å². The molecule has 0 bridgehead atoms. The maximum Gasteiger partial charge on any atom is 0.373 e. The number of hydrogen-bond donors (Lipinski definition) is 0. The van der Waals surface area contributed by atoms with E-state index >= 15 is 0 Å². The number of ether oxygens (including phenoxy) is 3. The van der Waals surface area contributed by atoms with E-state index in [9.17, 15) is 9.59 Å². The smallest absolute Gasteiger partial charge is 0.373 e. The minimum Gasteiger partial charge on any atom is -0.456 e. The van der Waals surface area contributed by atoms with Gasteiger partial charge >= 0.3 is 18.1 Å². The van der Waals surface area contributed by atoms with Crippen molar-refractivity contribution >= 4 is 18.1 Å². The summed E-state index contributed by atoms with van der Waals surface area (Å²) in [6, 6.07) is 16.9. The molecular formula is C28H24O7. The van der Waals surface area contributed by atoms with Crippen molar-refractivity contribution in [3.05, 3.63) is 88.0 Å². The molecule has 2 heterocycles. The van der Waals surface area contributed by atoms with E-state index in [1.165, 1.54) is 6.92 Å². The van der Waals surface area contributed by atoms with Gasteiger partial charge < -0.3 is 14.2 Å². The minimum absolute atomic E-state index is 0.229. The maximum atomic E-state index is 13.2. The van der Waals surface area contributed by atoms with Gasteiger partial charge in [0.25, 0.3) is 0 Å². The molecule has 0 saturated carbocycles. The largest absolute Gasteiger partial charge is 0.456 e. The third-order valence-electron chi connectivity index (χ3n) is 6.02. The summed E-state index contributed by atoms with van der Waals surface area (Å²) in [5, 5.41) is 0. The second-order valence-electron chi connectivity index (χ2n) is 9.49. The summed E-state index contributed by atoms with van der Waals surface area (Å²) in [4.78, 5) is 40.9. The predicted octanol–water partition coefficient (Wildman–Crippen LogP) is 5.20. The SMILES string of the molecule is CC(=O)Oc1ccc2c(c1)Oc1cc(C)ccc1C21OC(=O)c2cccc(C(C)(C)C)c21.O=C=O. The van der Waals surface area contributed by atoms with Gasteiger partial charge in [-0.15, -0.1) is 0 Å². The molecule has 3 aromatic rings. The zero-order valence-electron chi connectivity index (χ0n) is 20.1. The van der Waals surface area contributed by atoms with Gasteiger partial charge in [0.05, 0.1) is 5.56 Å². The lowest BCUT2D eigenvalue weighted by Gasteiger charge is -2.39. The van der Waals surface area contributed by atoms with Crippen molar-refractivity contribution in [1.82, 2.24) is 0 Å². The van der Waals surface area contributed by atoms with Gasteiger partial charge in [0.15, 0.2) is 5.60 Å². The highest BCUT2D eigenvalue weighted by Crippen LogP contribution is 2.58. The van der Waals surface area contributed by atoms with E-state index in [1.807, 2.05) is 43.3 Å². The lowest BCUT2D eigenvalue weighted by atomic mass is 9.71. The van der Waals surface area contributed by atoms with Crippen molar-refractivity contribution in [3.63, 3.8) is 0 Å². The Bertz CT molecular complexity index is 1390. The maximum absolute atomic E-state index is 13.2. The van der Waals surface area contributed by atoms with Gasteiger partial charge in [0.2, 0.25) is 0 Å². The van der Waals surface area contributed by atoms with E-state index in [2.05, 4.69) is 26.8 Å². The highest BCUT2D eigenvalue weighted by molar-refractivity contribution is 5.97. The molecule has 5 rings (SSSR count). The van der Waals surface area contributed by atoms with Crippen molar-refractivity contribution in [2.75, 3.05) is 0 Å². The zero-order chi connectivity index (χ0) is 25.5. The molecule has 178 valence electrons. The molecule has 0 fully saturated rings. The average molecular weight is 472 g/mol. The van der Waals surface area contributed by atoms with Gasteiger partial charge in [-0.3, -0.25) is 4.79 Å². The fourth-order valence-corrected chi connectivity index (χ4v) is 4.73. The average Bonchev–Trinajstić information content (AvgIpc) is 3.06. The number of hydrogen-bond acceptors (Lipinski definition) is 7. The highest BCUT2D eigenvalue weighted by Gasteiger charge is 2.55. The third kappa shape index (κ3) is 3.90. The van der Waals surface area contributed by atoms with E-state index in [4.69, 9.17) is 23.8 Å². The second kappa shape index (κ2) is 8.53. The normalized spacial score (nSPS) is 17.0. The Labute approximate surface area is 202 Å². The number of rotatable bonds is 1. The van der Waals surface area contributed by atoms with E-state index in [-0.39, 0.29) is 17.5 Å². The van der Waals surface area contributed by atoms with Crippen LogP contribution in [0.4, 0.5) is 0 Å². The summed E-state index contributed by atoms with van der Waals surface area (Å²) in [6.45, 7) is 9.71. The molecule has 0 amide bonds. The van der Waals surface area contributed by atoms with Crippen LogP contribution >= 0.6 is 0 Å². The number of esters is 2. The molecule has 2 aliphatic rings. The molecule has 0 N–H and O–H groups in total. The van der Waals surface area contributed by atoms with Crippen molar-refractivity contribution < 1.29 is 33.4 Å². The van der Waals surface area contributed by atoms with Crippen LogP contribution in [0.25, 0.3) is 0 Å². The topological polar surface area (TPSA) is 96.0 Å². The number of aryl methyl sites for hydroxylation is 1. The molecule has 0 aliphatic carbocycles. The van der Waals surface area contributed by atoms with Crippen LogP contribution in [-0.2, 0) is 30.1 Å². The van der Waals surface area contributed by atoms with Gasteiger partial charge in [-0.2, -0.15) is 9.59 Å². The molecule has 1 atom stereocenters. The number of fused-ring (bicyclic) bond motifs is 6. The molecule has 35 heavy (non-hydrogen) atoms. The molecule has 0 aromatic heterocycles. The van der Waals surface area contributed by atoms with Gasteiger partial charge in [0, 0.05) is 29.7 Å². The summed E-state index contributed by atoms with van der Waals surface area (Å²) >= 11 is 0. The predicted molar refractivity (Wildman–Crippen MR) is 124 cm³/mol. The van der Waals surface area contributed by atoms with Crippen LogP contribution in [0.2, 0.25) is 0 Å². The Morgan fingerprint density at radius 2 is 1.60 bits per heavy atom. The minimum atomic E-state index is -1.15. The van der Waals surface area contributed by atoms with Crippen LogP contribution in [0, 0.1) is 6.92 Å². The third-order valence-corrected chi connectivity index (χ3v) is 6.02. The monoisotopic (exact) mass is 472 g/mol. The van der Waals surface area contributed by atoms with Crippen LogP contribution < -0.4 is 9.47 Å². The van der Waals surface area contributed by atoms with Crippen LogP contribution in [0.3, 0.4) is 0 Å². The van der Waals surface area contributed by atoms with Crippen LogP contribution in [0.1, 0.15) is 65.9 Å². The van der Waals surface area contributed by atoms with Gasteiger partial charge in [-0.1, -0.05) is 45.0 Å². The fourth-order valence-electron chi connectivity index (χ4n) is 4.73. The second-order valence-corrected chi connectivity index (χ2v) is 9.49. The van der Waals surface area contributed by atoms with Crippen LogP contribution in [0.15, 0.2) is 54.6 Å². The lowest BCUT2D eigenvalue weighted by molar-refractivity contribution is -0.191. The van der Waals surface area contributed by atoms with Gasteiger partial charge in [-0.25, -0.2) is 4.79 Å². The number of carbonyl (C=O) groups excluding carboxylic acids is 4. The fraction of sp³-hybridized carbons (Fsp3) is 0.250. The highest BCUT2D eigenvalue weighted by atomic mass is 16.6. The molecule has 0 saturated heterocycles.